The third kappa shape index (κ3) is 3.38. The van der Waals surface area contributed by atoms with Crippen molar-refractivity contribution in [3.8, 4) is 5.75 Å². The van der Waals surface area contributed by atoms with Gasteiger partial charge in [-0.15, -0.1) is 0 Å². The summed E-state index contributed by atoms with van der Waals surface area (Å²) in [4.78, 5) is 21.7. The number of thiol groups is 1. The van der Waals surface area contributed by atoms with E-state index in [1.165, 1.54) is 12.1 Å². The third-order valence-electron chi connectivity index (χ3n) is 1.94. The minimum absolute atomic E-state index is 0.143. The Morgan fingerprint density at radius 1 is 1.33 bits per heavy atom. The lowest BCUT2D eigenvalue weighted by molar-refractivity contribution is -0.132. The van der Waals surface area contributed by atoms with Gasteiger partial charge in [0.05, 0.1) is 6.04 Å². The molecule has 0 heterocycles. The molecule has 0 amide bonds. The van der Waals surface area contributed by atoms with Gasteiger partial charge < -0.3 is 10.8 Å². The number of phenolic OH excluding ortho intramolecular Hbond substituents is 1. The summed E-state index contributed by atoms with van der Waals surface area (Å²) in [6.07, 6.45) is 0.255. The number of Topliss-reactive ketones (excluding diaryl/α,β-unsaturated/α-hetero) is 1. The van der Waals surface area contributed by atoms with Crippen molar-refractivity contribution in [1.82, 2.24) is 0 Å². The molecule has 1 aromatic rings. The van der Waals surface area contributed by atoms with Gasteiger partial charge in [-0.05, 0) is 24.1 Å². The Labute approximate surface area is 92.5 Å². The number of hydrogen-bond acceptors (Lipinski definition) is 4. The molecular weight excluding hydrogens is 214 g/mol. The Kier molecular flexibility index (Phi) is 3.88. The molecule has 5 heteroatoms. The van der Waals surface area contributed by atoms with Gasteiger partial charge in [-0.3, -0.25) is 9.59 Å². The van der Waals surface area contributed by atoms with Crippen LogP contribution in [-0.4, -0.2) is 22.0 Å². The van der Waals surface area contributed by atoms with Crippen LogP contribution in [0.1, 0.15) is 5.56 Å². The van der Waals surface area contributed by atoms with E-state index in [0.717, 1.165) is 5.56 Å². The second-order valence-corrected chi connectivity index (χ2v) is 3.55. The molecular formula is C10H11NO3S. The van der Waals surface area contributed by atoms with E-state index in [2.05, 4.69) is 12.6 Å². The Bertz CT molecular complexity index is 375. The van der Waals surface area contributed by atoms with Gasteiger partial charge in [0.1, 0.15) is 5.75 Å². The summed E-state index contributed by atoms with van der Waals surface area (Å²) < 4.78 is 0. The fraction of sp³-hybridized carbons (Fsp3) is 0.200. The number of aromatic hydroxyl groups is 1. The highest BCUT2D eigenvalue weighted by Crippen LogP contribution is 2.11. The van der Waals surface area contributed by atoms with E-state index in [9.17, 15) is 9.59 Å². The maximum absolute atomic E-state index is 11.1. The van der Waals surface area contributed by atoms with Crippen molar-refractivity contribution >= 4 is 23.5 Å². The maximum atomic E-state index is 11.1. The zero-order valence-electron chi connectivity index (χ0n) is 7.88. The number of ketones is 1. The maximum Gasteiger partial charge on any atom is 0.253 e. The van der Waals surface area contributed by atoms with Crippen molar-refractivity contribution in [2.24, 2.45) is 5.73 Å². The number of carbonyl (C=O) groups is 2. The summed E-state index contributed by atoms with van der Waals surface area (Å²) in [6.45, 7) is 0. The van der Waals surface area contributed by atoms with E-state index in [-0.39, 0.29) is 12.2 Å². The van der Waals surface area contributed by atoms with Crippen LogP contribution in [0.3, 0.4) is 0 Å². The second kappa shape index (κ2) is 4.95. The van der Waals surface area contributed by atoms with Crippen LogP contribution < -0.4 is 5.73 Å². The van der Waals surface area contributed by atoms with Gasteiger partial charge >= 0.3 is 0 Å². The predicted octanol–water partition coefficient (Wildman–Crippen LogP) is 0.287. The molecule has 1 atom stereocenters. The molecule has 0 radical (unpaired) electrons. The van der Waals surface area contributed by atoms with Crippen molar-refractivity contribution in [1.29, 1.82) is 0 Å². The van der Waals surface area contributed by atoms with Gasteiger partial charge in [0, 0.05) is 0 Å². The second-order valence-electron chi connectivity index (χ2n) is 3.15. The highest BCUT2D eigenvalue weighted by atomic mass is 32.1. The van der Waals surface area contributed by atoms with Crippen LogP contribution in [0.4, 0.5) is 0 Å². The molecule has 0 saturated carbocycles. The lowest BCUT2D eigenvalue weighted by atomic mass is 10.0. The van der Waals surface area contributed by atoms with Crippen LogP contribution >= 0.6 is 12.6 Å². The number of phenols is 1. The average molecular weight is 225 g/mol. The summed E-state index contributed by atoms with van der Waals surface area (Å²) in [6, 6.07) is 5.40. The van der Waals surface area contributed by atoms with Gasteiger partial charge in [0.15, 0.2) is 0 Å². The molecule has 0 bridgehead atoms. The first-order chi connectivity index (χ1) is 7.00. The fourth-order valence-corrected chi connectivity index (χ4v) is 1.30. The predicted molar refractivity (Wildman–Crippen MR) is 58.8 cm³/mol. The minimum atomic E-state index is -0.875. The number of benzene rings is 1. The standard InChI is InChI=1S/C10H11NO3S/c11-8(9(13)10(14)15)5-6-1-3-7(12)4-2-6/h1-4,8,12H,5,11H2,(H,14,15)/t8-/m0/s1. The highest BCUT2D eigenvalue weighted by Gasteiger charge is 2.18. The molecule has 0 aliphatic rings. The van der Waals surface area contributed by atoms with E-state index in [1.54, 1.807) is 12.1 Å². The van der Waals surface area contributed by atoms with E-state index < -0.39 is 16.9 Å². The normalized spacial score (nSPS) is 12.1. The number of nitrogens with two attached hydrogens (primary N) is 1. The highest BCUT2D eigenvalue weighted by molar-refractivity contribution is 7.98. The molecule has 1 rings (SSSR count). The topological polar surface area (TPSA) is 80.4 Å². The van der Waals surface area contributed by atoms with Crippen LogP contribution in [0, 0.1) is 0 Å². The first-order valence-electron chi connectivity index (χ1n) is 4.31. The quantitative estimate of drug-likeness (QED) is 0.508. The Morgan fingerprint density at radius 2 is 1.87 bits per heavy atom. The molecule has 4 nitrogen and oxygen atoms in total. The summed E-state index contributed by atoms with van der Waals surface area (Å²) >= 11 is 3.41. The van der Waals surface area contributed by atoms with Crippen LogP contribution in [0.5, 0.6) is 5.75 Å². The fourth-order valence-electron chi connectivity index (χ4n) is 1.14. The van der Waals surface area contributed by atoms with Crippen LogP contribution in [-0.2, 0) is 16.0 Å². The van der Waals surface area contributed by atoms with Gasteiger partial charge in [0.25, 0.3) is 5.12 Å². The lowest BCUT2D eigenvalue weighted by Gasteiger charge is -2.07. The number of rotatable bonds is 4. The summed E-state index contributed by atoms with van der Waals surface area (Å²) in [5.74, 6) is -0.560. The first kappa shape index (κ1) is 11.7. The number of hydrogen-bond donors (Lipinski definition) is 3. The average Bonchev–Trinajstić information content (AvgIpc) is 2.20. The summed E-state index contributed by atoms with van der Waals surface area (Å²) in [5.41, 5.74) is 6.29. The Balaban J connectivity index is 2.66. The van der Waals surface area contributed by atoms with E-state index in [0.29, 0.717) is 0 Å². The molecule has 0 aliphatic carbocycles. The molecule has 1 aromatic carbocycles. The molecule has 0 aliphatic heterocycles. The lowest BCUT2D eigenvalue weighted by Crippen LogP contribution is -2.35. The summed E-state index contributed by atoms with van der Waals surface area (Å²) in [5, 5.41) is 8.19. The van der Waals surface area contributed by atoms with Crippen molar-refractivity contribution < 1.29 is 14.7 Å². The SMILES string of the molecule is N[C@@H](Cc1ccc(O)cc1)C(=O)C(=O)S. The van der Waals surface area contributed by atoms with Crippen LogP contribution in [0.25, 0.3) is 0 Å². The van der Waals surface area contributed by atoms with Gasteiger partial charge in [-0.1, -0.05) is 24.8 Å². The molecule has 15 heavy (non-hydrogen) atoms. The van der Waals surface area contributed by atoms with Crippen molar-refractivity contribution in [2.75, 3.05) is 0 Å². The van der Waals surface area contributed by atoms with Crippen molar-refractivity contribution in [3.63, 3.8) is 0 Å². The van der Waals surface area contributed by atoms with E-state index in [1.807, 2.05) is 0 Å². The minimum Gasteiger partial charge on any atom is -0.508 e. The molecule has 0 saturated heterocycles. The van der Waals surface area contributed by atoms with Crippen molar-refractivity contribution in [2.45, 2.75) is 12.5 Å². The Hall–Kier alpha value is -1.33. The van der Waals surface area contributed by atoms with Crippen LogP contribution in [0.15, 0.2) is 24.3 Å². The molecule has 0 spiro atoms. The zero-order valence-corrected chi connectivity index (χ0v) is 8.78. The third-order valence-corrected chi connectivity index (χ3v) is 2.16. The molecule has 0 aromatic heterocycles. The van der Waals surface area contributed by atoms with Crippen LogP contribution in [0.2, 0.25) is 0 Å². The van der Waals surface area contributed by atoms with E-state index >= 15 is 0 Å². The first-order valence-corrected chi connectivity index (χ1v) is 4.76. The molecule has 0 unspecified atom stereocenters. The van der Waals surface area contributed by atoms with Gasteiger partial charge in [-0.2, -0.15) is 0 Å². The zero-order chi connectivity index (χ0) is 11.4. The van der Waals surface area contributed by atoms with Gasteiger partial charge in [-0.25, -0.2) is 0 Å². The Morgan fingerprint density at radius 3 is 2.33 bits per heavy atom. The number of carbonyl (C=O) groups excluding carboxylic acids is 2. The monoisotopic (exact) mass is 225 g/mol. The molecule has 3 N–H and O–H groups in total. The molecule has 0 fully saturated rings. The largest absolute Gasteiger partial charge is 0.508 e. The smallest absolute Gasteiger partial charge is 0.253 e. The van der Waals surface area contributed by atoms with E-state index in [4.69, 9.17) is 10.8 Å². The molecule has 80 valence electrons. The van der Waals surface area contributed by atoms with Gasteiger partial charge in [0.2, 0.25) is 5.78 Å². The van der Waals surface area contributed by atoms with Crippen molar-refractivity contribution in [3.05, 3.63) is 29.8 Å². The summed E-state index contributed by atoms with van der Waals surface area (Å²) in [7, 11) is 0.